The number of methoxy groups -OCH3 is 3. The van der Waals surface area contributed by atoms with Crippen LogP contribution in [0.1, 0.15) is 31.2 Å². The number of ether oxygens (including phenoxy) is 3. The normalized spacial score (nSPS) is 20.6. The van der Waals surface area contributed by atoms with Gasteiger partial charge in [0, 0.05) is 0 Å². The summed E-state index contributed by atoms with van der Waals surface area (Å²) >= 11 is 0. The minimum absolute atomic E-state index is 0.605. The molecule has 2 atom stereocenters. The molecular weight excluding hydrogens is 254 g/mol. The van der Waals surface area contributed by atoms with E-state index in [4.69, 9.17) is 14.2 Å². The molecule has 1 aromatic carbocycles. The summed E-state index contributed by atoms with van der Waals surface area (Å²) in [5.41, 5.74) is 1.28. The summed E-state index contributed by atoms with van der Waals surface area (Å²) < 4.78 is 16.2. The van der Waals surface area contributed by atoms with Crippen LogP contribution in [0.3, 0.4) is 0 Å². The SMILES string of the molecule is CCCNCC1CC1c1cc(OC)c(OC)c(OC)c1. The van der Waals surface area contributed by atoms with Crippen LogP contribution in [0.5, 0.6) is 17.2 Å². The van der Waals surface area contributed by atoms with Crippen LogP contribution in [0, 0.1) is 5.92 Å². The zero-order valence-electron chi connectivity index (χ0n) is 12.9. The molecule has 0 saturated heterocycles. The molecule has 1 fully saturated rings. The van der Waals surface area contributed by atoms with Crippen LogP contribution in [0.15, 0.2) is 12.1 Å². The zero-order chi connectivity index (χ0) is 14.5. The summed E-state index contributed by atoms with van der Waals surface area (Å²) in [6, 6.07) is 4.15. The minimum Gasteiger partial charge on any atom is -0.493 e. The maximum atomic E-state index is 5.41. The van der Waals surface area contributed by atoms with Crippen LogP contribution in [0.2, 0.25) is 0 Å². The lowest BCUT2D eigenvalue weighted by molar-refractivity contribution is 0.323. The topological polar surface area (TPSA) is 39.7 Å². The van der Waals surface area contributed by atoms with Crippen molar-refractivity contribution < 1.29 is 14.2 Å². The van der Waals surface area contributed by atoms with Crippen LogP contribution < -0.4 is 19.5 Å². The van der Waals surface area contributed by atoms with Crippen LogP contribution in [-0.4, -0.2) is 34.4 Å². The number of hydrogen-bond acceptors (Lipinski definition) is 4. The summed E-state index contributed by atoms with van der Waals surface area (Å²) in [6.45, 7) is 4.38. The highest BCUT2D eigenvalue weighted by Gasteiger charge is 2.38. The second kappa shape index (κ2) is 6.84. The fourth-order valence-corrected chi connectivity index (χ4v) is 2.66. The standard InChI is InChI=1S/C16H25NO3/c1-5-6-17-10-12-7-13(12)11-8-14(18-2)16(20-4)15(9-11)19-3/h8-9,12-13,17H,5-7,10H2,1-4H3. The van der Waals surface area contributed by atoms with E-state index < -0.39 is 0 Å². The van der Waals surface area contributed by atoms with Crippen LogP contribution in [-0.2, 0) is 0 Å². The molecule has 1 N–H and O–H groups in total. The van der Waals surface area contributed by atoms with Crippen molar-refractivity contribution in [1.82, 2.24) is 5.32 Å². The fourth-order valence-electron chi connectivity index (χ4n) is 2.66. The largest absolute Gasteiger partial charge is 0.493 e. The van der Waals surface area contributed by atoms with Gasteiger partial charge in [0.15, 0.2) is 11.5 Å². The molecular formula is C16H25NO3. The Morgan fingerprint density at radius 1 is 1.10 bits per heavy atom. The minimum atomic E-state index is 0.605. The van der Waals surface area contributed by atoms with Crippen molar-refractivity contribution in [1.29, 1.82) is 0 Å². The van der Waals surface area contributed by atoms with E-state index in [9.17, 15) is 0 Å². The van der Waals surface area contributed by atoms with E-state index in [0.29, 0.717) is 11.7 Å². The monoisotopic (exact) mass is 279 g/mol. The maximum Gasteiger partial charge on any atom is 0.203 e. The molecule has 1 aliphatic rings. The van der Waals surface area contributed by atoms with Gasteiger partial charge in [-0.2, -0.15) is 0 Å². The molecule has 2 unspecified atom stereocenters. The summed E-state index contributed by atoms with van der Waals surface area (Å²) in [5, 5.41) is 3.49. The van der Waals surface area contributed by atoms with Crippen molar-refractivity contribution in [2.45, 2.75) is 25.7 Å². The first-order valence-electron chi connectivity index (χ1n) is 7.25. The van der Waals surface area contributed by atoms with Gasteiger partial charge in [-0.25, -0.2) is 0 Å². The molecule has 0 bridgehead atoms. The number of hydrogen-bond donors (Lipinski definition) is 1. The summed E-state index contributed by atoms with van der Waals surface area (Å²) in [4.78, 5) is 0. The quantitative estimate of drug-likeness (QED) is 0.743. The molecule has 0 radical (unpaired) electrons. The highest BCUT2D eigenvalue weighted by Crippen LogP contribution is 2.50. The van der Waals surface area contributed by atoms with Gasteiger partial charge in [-0.15, -0.1) is 0 Å². The average molecular weight is 279 g/mol. The van der Waals surface area contributed by atoms with E-state index in [0.717, 1.165) is 30.5 Å². The molecule has 1 saturated carbocycles. The second-order valence-corrected chi connectivity index (χ2v) is 5.27. The number of nitrogens with one attached hydrogen (secondary N) is 1. The van der Waals surface area contributed by atoms with E-state index in [1.807, 2.05) is 0 Å². The van der Waals surface area contributed by atoms with Gasteiger partial charge in [-0.3, -0.25) is 0 Å². The second-order valence-electron chi connectivity index (χ2n) is 5.27. The van der Waals surface area contributed by atoms with Gasteiger partial charge in [0.2, 0.25) is 5.75 Å². The Morgan fingerprint density at radius 3 is 2.25 bits per heavy atom. The Bertz CT molecular complexity index is 422. The van der Waals surface area contributed by atoms with Gasteiger partial charge >= 0.3 is 0 Å². The molecule has 4 heteroatoms. The van der Waals surface area contributed by atoms with Gasteiger partial charge in [0.25, 0.3) is 0 Å². The molecule has 0 amide bonds. The van der Waals surface area contributed by atoms with Crippen molar-refractivity contribution >= 4 is 0 Å². The van der Waals surface area contributed by atoms with Gasteiger partial charge in [-0.1, -0.05) is 6.92 Å². The zero-order valence-corrected chi connectivity index (χ0v) is 12.9. The van der Waals surface area contributed by atoms with E-state index >= 15 is 0 Å². The number of rotatable bonds is 8. The van der Waals surface area contributed by atoms with Crippen LogP contribution >= 0.6 is 0 Å². The van der Waals surface area contributed by atoms with Crippen molar-refractivity contribution in [3.05, 3.63) is 17.7 Å². The molecule has 0 aliphatic heterocycles. The lowest BCUT2D eigenvalue weighted by Gasteiger charge is -2.14. The number of benzene rings is 1. The maximum absolute atomic E-state index is 5.41. The fraction of sp³-hybridized carbons (Fsp3) is 0.625. The third-order valence-electron chi connectivity index (χ3n) is 3.87. The summed E-state index contributed by atoms with van der Waals surface area (Å²) in [5.74, 6) is 3.49. The van der Waals surface area contributed by atoms with E-state index in [2.05, 4.69) is 24.4 Å². The van der Waals surface area contributed by atoms with Gasteiger partial charge in [0.1, 0.15) is 0 Å². The van der Waals surface area contributed by atoms with Crippen molar-refractivity contribution in [2.75, 3.05) is 34.4 Å². The van der Waals surface area contributed by atoms with E-state index in [1.165, 1.54) is 18.4 Å². The molecule has 1 aromatic rings. The van der Waals surface area contributed by atoms with Crippen molar-refractivity contribution in [3.63, 3.8) is 0 Å². The van der Waals surface area contributed by atoms with Crippen LogP contribution in [0.4, 0.5) is 0 Å². The molecule has 2 rings (SSSR count). The highest BCUT2D eigenvalue weighted by molar-refractivity contribution is 5.55. The lowest BCUT2D eigenvalue weighted by atomic mass is 10.1. The Labute approximate surface area is 121 Å². The molecule has 20 heavy (non-hydrogen) atoms. The molecule has 0 heterocycles. The highest BCUT2D eigenvalue weighted by atomic mass is 16.5. The first-order chi connectivity index (χ1) is 9.74. The predicted octanol–water partition coefficient (Wildman–Crippen LogP) is 2.82. The third-order valence-corrected chi connectivity index (χ3v) is 3.87. The molecule has 0 spiro atoms. The van der Waals surface area contributed by atoms with Crippen molar-refractivity contribution in [2.24, 2.45) is 5.92 Å². The molecule has 1 aliphatic carbocycles. The molecule has 112 valence electrons. The van der Waals surface area contributed by atoms with E-state index in [-0.39, 0.29) is 0 Å². The Hall–Kier alpha value is -1.42. The van der Waals surface area contributed by atoms with Crippen molar-refractivity contribution in [3.8, 4) is 17.2 Å². The molecule has 0 aromatic heterocycles. The van der Waals surface area contributed by atoms with Gasteiger partial charge in [-0.05, 0) is 55.5 Å². The van der Waals surface area contributed by atoms with Crippen LogP contribution in [0.25, 0.3) is 0 Å². The average Bonchev–Trinajstić information content (AvgIpc) is 3.25. The summed E-state index contributed by atoms with van der Waals surface area (Å²) in [7, 11) is 4.96. The summed E-state index contributed by atoms with van der Waals surface area (Å²) in [6.07, 6.45) is 2.41. The van der Waals surface area contributed by atoms with E-state index in [1.54, 1.807) is 21.3 Å². The lowest BCUT2D eigenvalue weighted by Crippen LogP contribution is -2.17. The van der Waals surface area contributed by atoms with Gasteiger partial charge < -0.3 is 19.5 Å². The Balaban J connectivity index is 2.10. The predicted molar refractivity (Wildman–Crippen MR) is 80.1 cm³/mol. The van der Waals surface area contributed by atoms with Gasteiger partial charge in [0.05, 0.1) is 21.3 Å². The first-order valence-corrected chi connectivity index (χ1v) is 7.25. The Kier molecular flexibility index (Phi) is 5.12. The molecule has 4 nitrogen and oxygen atoms in total. The first kappa shape index (κ1) is 15.0. The smallest absolute Gasteiger partial charge is 0.203 e. The third kappa shape index (κ3) is 3.18. The Morgan fingerprint density at radius 2 is 1.75 bits per heavy atom.